The number of amides is 2. The summed E-state index contributed by atoms with van der Waals surface area (Å²) in [7, 11) is 1.61. The molecule has 1 heterocycles. The molecule has 0 spiro atoms. The second kappa shape index (κ2) is 5.44. The van der Waals surface area contributed by atoms with E-state index in [9.17, 15) is 9.59 Å². The fourth-order valence-corrected chi connectivity index (χ4v) is 2.39. The number of hydrogen-bond donors (Lipinski definition) is 0. The molecule has 0 saturated heterocycles. The first kappa shape index (κ1) is 14.0. The van der Waals surface area contributed by atoms with Crippen molar-refractivity contribution in [3.63, 3.8) is 0 Å². The molecule has 110 valence electrons. The van der Waals surface area contributed by atoms with Crippen molar-refractivity contribution in [2.24, 2.45) is 5.10 Å². The summed E-state index contributed by atoms with van der Waals surface area (Å²) < 4.78 is 5.19. The number of hydrazone groups is 1. The van der Waals surface area contributed by atoms with Crippen LogP contribution in [0, 0.1) is 6.92 Å². The van der Waals surface area contributed by atoms with Gasteiger partial charge in [0.15, 0.2) is 0 Å². The van der Waals surface area contributed by atoms with E-state index in [-0.39, 0.29) is 0 Å². The maximum Gasteiger partial charge on any atom is 0.282 e. The Bertz CT molecular complexity index is 761. The number of hydrogen-bond acceptors (Lipinski definition) is 4. The number of benzene rings is 2. The highest BCUT2D eigenvalue weighted by atomic mass is 16.5. The maximum atomic E-state index is 12.2. The van der Waals surface area contributed by atoms with E-state index in [0.29, 0.717) is 11.1 Å². The van der Waals surface area contributed by atoms with Gasteiger partial charge in [-0.2, -0.15) is 10.1 Å². The number of rotatable bonds is 3. The minimum absolute atomic E-state index is 0.385. The van der Waals surface area contributed by atoms with E-state index in [2.05, 4.69) is 5.10 Å². The molecule has 0 fully saturated rings. The van der Waals surface area contributed by atoms with Crippen LogP contribution in [0.15, 0.2) is 47.6 Å². The predicted molar refractivity (Wildman–Crippen MR) is 82.3 cm³/mol. The normalized spacial score (nSPS) is 13.8. The largest absolute Gasteiger partial charge is 0.496 e. The summed E-state index contributed by atoms with van der Waals surface area (Å²) in [4.78, 5) is 24.3. The third kappa shape index (κ3) is 2.26. The number of carbonyl (C=O) groups is 2. The molecule has 2 amide bonds. The lowest BCUT2D eigenvalue weighted by molar-refractivity contribution is 0.0660. The molecule has 0 aromatic heterocycles. The molecule has 0 N–H and O–H groups in total. The summed E-state index contributed by atoms with van der Waals surface area (Å²) in [5, 5.41) is 4.93. The van der Waals surface area contributed by atoms with Gasteiger partial charge in [-0.25, -0.2) is 0 Å². The van der Waals surface area contributed by atoms with Crippen LogP contribution in [-0.4, -0.2) is 30.1 Å². The van der Waals surface area contributed by atoms with E-state index < -0.39 is 11.8 Å². The molecule has 1 aliphatic heterocycles. The lowest BCUT2D eigenvalue weighted by atomic mass is 10.1. The minimum Gasteiger partial charge on any atom is -0.496 e. The van der Waals surface area contributed by atoms with Gasteiger partial charge in [-0.1, -0.05) is 12.1 Å². The van der Waals surface area contributed by atoms with E-state index in [0.717, 1.165) is 21.9 Å². The topological polar surface area (TPSA) is 59.0 Å². The van der Waals surface area contributed by atoms with Crippen LogP contribution >= 0.6 is 0 Å². The van der Waals surface area contributed by atoms with E-state index >= 15 is 0 Å². The van der Waals surface area contributed by atoms with Gasteiger partial charge in [-0.15, -0.1) is 0 Å². The van der Waals surface area contributed by atoms with Crippen LogP contribution in [-0.2, 0) is 0 Å². The Morgan fingerprint density at radius 2 is 1.68 bits per heavy atom. The standard InChI is InChI=1S/C17H14N2O3/c1-11-9-12(7-8-15(11)22-2)10-18-19-16(20)13-5-3-4-6-14(13)17(19)21/h3-10H,1-2H3/b18-10+. The highest BCUT2D eigenvalue weighted by molar-refractivity contribution is 6.21. The Kier molecular flexibility index (Phi) is 3.47. The van der Waals surface area contributed by atoms with Gasteiger partial charge >= 0.3 is 0 Å². The van der Waals surface area contributed by atoms with Gasteiger partial charge in [-0.05, 0) is 48.4 Å². The third-order valence-corrected chi connectivity index (χ3v) is 3.51. The van der Waals surface area contributed by atoms with Crippen molar-refractivity contribution in [2.45, 2.75) is 6.92 Å². The smallest absolute Gasteiger partial charge is 0.282 e. The van der Waals surface area contributed by atoms with Crippen LogP contribution in [0.2, 0.25) is 0 Å². The molecule has 3 rings (SSSR count). The van der Waals surface area contributed by atoms with E-state index in [1.54, 1.807) is 31.4 Å². The molecule has 0 saturated carbocycles. The van der Waals surface area contributed by atoms with E-state index in [1.807, 2.05) is 25.1 Å². The van der Waals surface area contributed by atoms with Crippen molar-refractivity contribution in [1.29, 1.82) is 0 Å². The first-order valence-electron chi connectivity index (χ1n) is 6.78. The summed E-state index contributed by atoms with van der Waals surface area (Å²) in [6.07, 6.45) is 1.49. The van der Waals surface area contributed by atoms with Crippen molar-refractivity contribution in [3.05, 3.63) is 64.7 Å². The van der Waals surface area contributed by atoms with Crippen LogP contribution in [0.1, 0.15) is 31.8 Å². The second-order valence-corrected chi connectivity index (χ2v) is 4.94. The average Bonchev–Trinajstić information content (AvgIpc) is 2.77. The van der Waals surface area contributed by atoms with Gasteiger partial charge in [0.05, 0.1) is 24.5 Å². The minimum atomic E-state index is -0.401. The number of nitrogens with zero attached hydrogens (tertiary/aromatic N) is 2. The van der Waals surface area contributed by atoms with Crippen molar-refractivity contribution in [1.82, 2.24) is 5.01 Å². The van der Waals surface area contributed by atoms with Crippen molar-refractivity contribution in [3.8, 4) is 5.75 Å². The molecule has 0 aliphatic carbocycles. The molecule has 22 heavy (non-hydrogen) atoms. The lowest BCUT2D eigenvalue weighted by Gasteiger charge is -2.07. The zero-order chi connectivity index (χ0) is 15.7. The number of methoxy groups -OCH3 is 1. The molecule has 0 unspecified atom stereocenters. The summed E-state index contributed by atoms with van der Waals surface area (Å²) in [5.74, 6) is -0.0259. The van der Waals surface area contributed by atoms with Crippen molar-refractivity contribution < 1.29 is 14.3 Å². The first-order chi connectivity index (χ1) is 10.6. The number of aryl methyl sites for hydroxylation is 1. The summed E-state index contributed by atoms with van der Waals surface area (Å²) in [6.45, 7) is 1.91. The molecule has 5 heteroatoms. The quantitative estimate of drug-likeness (QED) is 0.646. The van der Waals surface area contributed by atoms with Crippen LogP contribution in [0.5, 0.6) is 5.75 Å². The molecular weight excluding hydrogens is 280 g/mol. The maximum absolute atomic E-state index is 12.2. The van der Waals surface area contributed by atoms with E-state index in [4.69, 9.17) is 4.74 Å². The van der Waals surface area contributed by atoms with Gasteiger partial charge in [0, 0.05) is 0 Å². The van der Waals surface area contributed by atoms with Crippen LogP contribution < -0.4 is 4.74 Å². The van der Waals surface area contributed by atoms with Gasteiger partial charge in [-0.3, -0.25) is 9.59 Å². The first-order valence-corrected chi connectivity index (χ1v) is 6.78. The molecule has 0 radical (unpaired) electrons. The number of fused-ring (bicyclic) bond motifs is 1. The Morgan fingerprint density at radius 3 is 2.23 bits per heavy atom. The zero-order valence-electron chi connectivity index (χ0n) is 12.2. The van der Waals surface area contributed by atoms with Gasteiger partial charge < -0.3 is 4.74 Å². The molecule has 5 nitrogen and oxygen atoms in total. The fraction of sp³-hybridized carbons (Fsp3) is 0.118. The Hall–Kier alpha value is -2.95. The van der Waals surface area contributed by atoms with Crippen LogP contribution in [0.4, 0.5) is 0 Å². The second-order valence-electron chi connectivity index (χ2n) is 4.94. The molecule has 0 bridgehead atoms. The predicted octanol–water partition coefficient (Wildman–Crippen LogP) is 2.63. The van der Waals surface area contributed by atoms with Crippen molar-refractivity contribution in [2.75, 3.05) is 7.11 Å². The number of ether oxygens (including phenoxy) is 1. The summed E-state index contributed by atoms with van der Waals surface area (Å²) >= 11 is 0. The fourth-order valence-electron chi connectivity index (χ4n) is 2.39. The lowest BCUT2D eigenvalue weighted by Crippen LogP contribution is -2.23. The van der Waals surface area contributed by atoms with Crippen LogP contribution in [0.3, 0.4) is 0 Å². The SMILES string of the molecule is COc1ccc(/C=N/N2C(=O)c3ccccc3C2=O)cc1C. The van der Waals surface area contributed by atoms with Crippen LogP contribution in [0.25, 0.3) is 0 Å². The highest BCUT2D eigenvalue weighted by Crippen LogP contribution is 2.23. The molecule has 0 atom stereocenters. The molecule has 1 aliphatic rings. The summed E-state index contributed by atoms with van der Waals surface area (Å²) in [6, 6.07) is 12.2. The van der Waals surface area contributed by atoms with Gasteiger partial charge in [0.25, 0.3) is 11.8 Å². The average molecular weight is 294 g/mol. The molecule has 2 aromatic rings. The van der Waals surface area contributed by atoms with E-state index in [1.165, 1.54) is 6.21 Å². The Labute approximate surface area is 127 Å². The van der Waals surface area contributed by atoms with Gasteiger partial charge in [0.1, 0.15) is 5.75 Å². The summed E-state index contributed by atoms with van der Waals surface area (Å²) in [5.41, 5.74) is 2.51. The molecular formula is C17H14N2O3. The monoisotopic (exact) mass is 294 g/mol. The highest BCUT2D eigenvalue weighted by Gasteiger charge is 2.35. The van der Waals surface area contributed by atoms with Crippen molar-refractivity contribution >= 4 is 18.0 Å². The Morgan fingerprint density at radius 1 is 1.05 bits per heavy atom. The third-order valence-electron chi connectivity index (χ3n) is 3.51. The molecule has 2 aromatic carbocycles. The van der Waals surface area contributed by atoms with Gasteiger partial charge in [0.2, 0.25) is 0 Å². The number of carbonyl (C=O) groups excluding carboxylic acids is 2. The Balaban J connectivity index is 1.87. The zero-order valence-corrected chi connectivity index (χ0v) is 12.2. The number of imide groups is 1.